The molecule has 0 fully saturated rings. The van der Waals surface area contributed by atoms with Gasteiger partial charge in [-0.2, -0.15) is 0 Å². The minimum absolute atomic E-state index is 0. The van der Waals surface area contributed by atoms with Gasteiger partial charge in [0.25, 0.3) is 0 Å². The van der Waals surface area contributed by atoms with Gasteiger partial charge in [-0.25, -0.2) is 4.39 Å². The van der Waals surface area contributed by atoms with E-state index < -0.39 is 5.82 Å². The van der Waals surface area contributed by atoms with Crippen molar-refractivity contribution in [3.63, 3.8) is 0 Å². The Morgan fingerprint density at radius 2 is 1.94 bits per heavy atom. The van der Waals surface area contributed by atoms with Crippen LogP contribution in [0.25, 0.3) is 0 Å². The second-order valence-corrected chi connectivity index (χ2v) is 5.50. The van der Waals surface area contributed by atoms with Gasteiger partial charge in [0, 0.05) is 6.04 Å². The van der Waals surface area contributed by atoms with E-state index in [9.17, 15) is 4.39 Å². The van der Waals surface area contributed by atoms with E-state index in [1.807, 2.05) is 20.8 Å². The molecule has 1 aromatic rings. The number of hydrogen-bond acceptors (Lipinski definition) is 2. The molecule has 0 bridgehead atoms. The Hall–Kier alpha value is -0.510. The summed E-state index contributed by atoms with van der Waals surface area (Å²) in [4.78, 5) is 0. The lowest BCUT2D eigenvalue weighted by Crippen LogP contribution is -2.26. The van der Waals surface area contributed by atoms with Crippen molar-refractivity contribution in [1.82, 2.24) is 0 Å². The molecule has 0 saturated heterocycles. The lowest BCUT2D eigenvalue weighted by molar-refractivity contribution is 0.314. The summed E-state index contributed by atoms with van der Waals surface area (Å²) in [5, 5.41) is 0.265. The Labute approximate surface area is 119 Å². The first-order chi connectivity index (χ1) is 7.77. The molecule has 1 aromatic carbocycles. The average Bonchev–Trinajstić information content (AvgIpc) is 2.20. The van der Waals surface area contributed by atoms with E-state index in [0.717, 1.165) is 0 Å². The fraction of sp³-hybridized carbons (Fsp3) is 0.538. The number of nitrogens with two attached hydrogens (primary N) is 1. The van der Waals surface area contributed by atoms with Gasteiger partial charge >= 0.3 is 0 Å². The van der Waals surface area contributed by atoms with E-state index in [1.54, 1.807) is 13.0 Å². The first-order valence-electron chi connectivity index (χ1n) is 5.64. The van der Waals surface area contributed by atoms with Crippen molar-refractivity contribution in [2.75, 3.05) is 6.61 Å². The Morgan fingerprint density at radius 3 is 2.33 bits per heavy atom. The Bertz CT molecular complexity index is 381. The number of ether oxygens (including phenoxy) is 1. The molecule has 0 aliphatic heterocycles. The fourth-order valence-electron chi connectivity index (χ4n) is 1.54. The highest BCUT2D eigenvalue weighted by Crippen LogP contribution is 2.36. The second kappa shape index (κ2) is 6.60. The molecule has 0 aromatic heterocycles. The smallest absolute Gasteiger partial charge is 0.173 e. The van der Waals surface area contributed by atoms with Crippen LogP contribution in [0.1, 0.15) is 39.3 Å². The molecule has 0 radical (unpaired) electrons. The molecule has 0 unspecified atom stereocenters. The summed E-state index contributed by atoms with van der Waals surface area (Å²) in [5.74, 6) is -0.368. The number of rotatable bonds is 3. The molecule has 0 saturated carbocycles. The number of halogens is 3. The van der Waals surface area contributed by atoms with E-state index >= 15 is 0 Å². The largest absolute Gasteiger partial charge is 0.489 e. The van der Waals surface area contributed by atoms with E-state index in [-0.39, 0.29) is 34.6 Å². The average molecular weight is 296 g/mol. The highest BCUT2D eigenvalue weighted by atomic mass is 35.5. The summed E-state index contributed by atoms with van der Waals surface area (Å²) >= 11 is 5.99. The minimum Gasteiger partial charge on any atom is -0.489 e. The summed E-state index contributed by atoms with van der Waals surface area (Å²) in [7, 11) is 0. The molecule has 0 heterocycles. The SMILES string of the molecule is CCOc1c(F)cc([C@H](N)C(C)(C)C)cc1Cl.Cl. The van der Waals surface area contributed by atoms with Gasteiger partial charge in [0.05, 0.1) is 11.6 Å². The molecule has 1 atom stereocenters. The molecule has 104 valence electrons. The summed E-state index contributed by atoms with van der Waals surface area (Å²) < 4.78 is 18.9. The molecule has 2 N–H and O–H groups in total. The lowest BCUT2D eigenvalue weighted by Gasteiger charge is -2.27. The third-order valence-electron chi connectivity index (χ3n) is 2.60. The second-order valence-electron chi connectivity index (χ2n) is 5.09. The molecule has 0 aliphatic rings. The highest BCUT2D eigenvalue weighted by Gasteiger charge is 2.24. The molecule has 0 aliphatic carbocycles. The standard InChI is InChI=1S/C13H19ClFNO.ClH/c1-5-17-11-9(14)6-8(7-10(11)15)12(16)13(2,3)4;/h6-7,12H,5,16H2,1-4H3;1H/t12-;/m0./s1. The van der Waals surface area contributed by atoms with Crippen molar-refractivity contribution >= 4 is 24.0 Å². The van der Waals surface area contributed by atoms with Crippen LogP contribution in [-0.4, -0.2) is 6.61 Å². The Balaban J connectivity index is 0.00000289. The van der Waals surface area contributed by atoms with Crippen LogP contribution in [0.2, 0.25) is 5.02 Å². The van der Waals surface area contributed by atoms with E-state index in [1.165, 1.54) is 6.07 Å². The van der Waals surface area contributed by atoms with Crippen LogP contribution in [0, 0.1) is 11.2 Å². The maximum atomic E-state index is 13.8. The molecule has 5 heteroatoms. The predicted molar refractivity (Wildman–Crippen MR) is 76.2 cm³/mol. The normalized spacial score (nSPS) is 12.8. The maximum Gasteiger partial charge on any atom is 0.173 e. The fourth-order valence-corrected chi connectivity index (χ4v) is 1.81. The summed E-state index contributed by atoms with van der Waals surface area (Å²) in [6.45, 7) is 8.16. The third-order valence-corrected chi connectivity index (χ3v) is 2.88. The molecule has 2 nitrogen and oxygen atoms in total. The third kappa shape index (κ3) is 4.01. The van der Waals surface area contributed by atoms with Gasteiger partial charge < -0.3 is 10.5 Å². The van der Waals surface area contributed by atoms with Gasteiger partial charge in [0.15, 0.2) is 11.6 Å². The highest BCUT2D eigenvalue weighted by molar-refractivity contribution is 6.32. The minimum atomic E-state index is -0.464. The summed E-state index contributed by atoms with van der Waals surface area (Å²) in [5.41, 5.74) is 6.60. The summed E-state index contributed by atoms with van der Waals surface area (Å²) in [6.07, 6.45) is 0. The van der Waals surface area contributed by atoms with Crippen molar-refractivity contribution in [1.29, 1.82) is 0 Å². The van der Waals surface area contributed by atoms with E-state index in [4.69, 9.17) is 22.1 Å². The predicted octanol–water partition coefficient (Wildman–Crippen LogP) is 4.35. The van der Waals surface area contributed by atoms with E-state index in [2.05, 4.69) is 0 Å². The van der Waals surface area contributed by atoms with Crippen LogP contribution >= 0.6 is 24.0 Å². The van der Waals surface area contributed by atoms with Gasteiger partial charge in [-0.1, -0.05) is 32.4 Å². The van der Waals surface area contributed by atoms with Crippen molar-refractivity contribution in [3.8, 4) is 5.75 Å². The number of benzene rings is 1. The monoisotopic (exact) mass is 295 g/mol. The van der Waals surface area contributed by atoms with Crippen LogP contribution < -0.4 is 10.5 Å². The molecular formula is C13H20Cl2FNO. The van der Waals surface area contributed by atoms with Crippen LogP contribution in [0.4, 0.5) is 4.39 Å². The van der Waals surface area contributed by atoms with Gasteiger partial charge in [-0.05, 0) is 30.0 Å². The lowest BCUT2D eigenvalue weighted by atomic mass is 9.83. The van der Waals surface area contributed by atoms with Crippen LogP contribution in [0.5, 0.6) is 5.75 Å². The zero-order valence-electron chi connectivity index (χ0n) is 11.1. The van der Waals surface area contributed by atoms with Gasteiger partial charge in [0.2, 0.25) is 0 Å². The van der Waals surface area contributed by atoms with Crippen molar-refractivity contribution in [2.45, 2.75) is 33.7 Å². The zero-order valence-corrected chi connectivity index (χ0v) is 12.7. The zero-order chi connectivity index (χ0) is 13.2. The van der Waals surface area contributed by atoms with Crippen LogP contribution in [0.15, 0.2) is 12.1 Å². The maximum absolute atomic E-state index is 13.8. The van der Waals surface area contributed by atoms with Crippen molar-refractivity contribution < 1.29 is 9.13 Å². The van der Waals surface area contributed by atoms with Crippen LogP contribution in [-0.2, 0) is 0 Å². The topological polar surface area (TPSA) is 35.2 Å². The summed E-state index contributed by atoms with van der Waals surface area (Å²) in [6, 6.07) is 2.79. The molecule has 18 heavy (non-hydrogen) atoms. The molecule has 0 spiro atoms. The van der Waals surface area contributed by atoms with Crippen molar-refractivity contribution in [3.05, 3.63) is 28.5 Å². The molecule has 0 amide bonds. The van der Waals surface area contributed by atoms with Crippen LogP contribution in [0.3, 0.4) is 0 Å². The van der Waals surface area contributed by atoms with E-state index in [0.29, 0.717) is 12.2 Å². The number of hydrogen-bond donors (Lipinski definition) is 1. The van der Waals surface area contributed by atoms with Gasteiger partial charge in [-0.15, -0.1) is 12.4 Å². The molecular weight excluding hydrogens is 276 g/mol. The first-order valence-corrected chi connectivity index (χ1v) is 6.02. The first kappa shape index (κ1) is 17.5. The van der Waals surface area contributed by atoms with Gasteiger partial charge in [-0.3, -0.25) is 0 Å². The Morgan fingerprint density at radius 1 is 1.39 bits per heavy atom. The van der Waals surface area contributed by atoms with Gasteiger partial charge in [0.1, 0.15) is 0 Å². The quantitative estimate of drug-likeness (QED) is 0.900. The van der Waals surface area contributed by atoms with Crippen molar-refractivity contribution in [2.24, 2.45) is 11.1 Å². The molecule has 1 rings (SSSR count). The Kier molecular flexibility index (Phi) is 6.41.